The Morgan fingerprint density at radius 1 is 1.67 bits per heavy atom. The molecule has 2 N–H and O–H groups in total. The zero-order valence-electron chi connectivity index (χ0n) is 5.20. The number of oxime groups is 1. The van der Waals surface area contributed by atoms with Crippen molar-refractivity contribution in [1.82, 2.24) is 0 Å². The fourth-order valence-electron chi connectivity index (χ4n) is 0.421. The second-order valence-electron chi connectivity index (χ2n) is 1.68. The summed E-state index contributed by atoms with van der Waals surface area (Å²) in [6, 6.07) is 0. The highest BCUT2D eigenvalue weighted by Crippen LogP contribution is 1.94. The topological polar surface area (TPSA) is 52.8 Å². The third-order valence-corrected chi connectivity index (χ3v) is 0.945. The molecule has 0 aliphatic carbocycles. The molecule has 0 heterocycles. The summed E-state index contributed by atoms with van der Waals surface area (Å²) >= 11 is 0. The van der Waals surface area contributed by atoms with Crippen LogP contribution in [-0.4, -0.2) is 22.6 Å². The summed E-state index contributed by atoms with van der Waals surface area (Å²) in [6.07, 6.45) is 3.44. The summed E-state index contributed by atoms with van der Waals surface area (Å²) in [5, 5.41) is 19.5. The SMILES string of the molecule is C=C[C@@H](O)CC/C=N\O. The average molecular weight is 129 g/mol. The van der Waals surface area contributed by atoms with Crippen molar-refractivity contribution < 1.29 is 10.3 Å². The van der Waals surface area contributed by atoms with Gasteiger partial charge in [0.25, 0.3) is 0 Å². The van der Waals surface area contributed by atoms with Gasteiger partial charge in [-0.15, -0.1) is 11.7 Å². The van der Waals surface area contributed by atoms with Crippen molar-refractivity contribution in [2.75, 3.05) is 0 Å². The molecule has 0 bridgehead atoms. The van der Waals surface area contributed by atoms with E-state index in [2.05, 4.69) is 11.7 Å². The molecular formula is C6H11NO2. The van der Waals surface area contributed by atoms with Crippen LogP contribution in [0.4, 0.5) is 0 Å². The van der Waals surface area contributed by atoms with Crippen LogP contribution in [0.1, 0.15) is 12.8 Å². The maximum atomic E-state index is 8.82. The number of aliphatic hydroxyl groups excluding tert-OH is 1. The van der Waals surface area contributed by atoms with Crippen molar-refractivity contribution in [3.8, 4) is 0 Å². The highest BCUT2D eigenvalue weighted by atomic mass is 16.4. The van der Waals surface area contributed by atoms with Crippen LogP contribution in [0.5, 0.6) is 0 Å². The van der Waals surface area contributed by atoms with Gasteiger partial charge in [0.15, 0.2) is 0 Å². The number of hydrogen-bond donors (Lipinski definition) is 2. The summed E-state index contributed by atoms with van der Waals surface area (Å²) < 4.78 is 0. The third-order valence-electron chi connectivity index (χ3n) is 0.945. The van der Waals surface area contributed by atoms with Gasteiger partial charge < -0.3 is 10.3 Å². The van der Waals surface area contributed by atoms with Gasteiger partial charge in [0.05, 0.1) is 6.10 Å². The zero-order valence-corrected chi connectivity index (χ0v) is 5.20. The Hall–Kier alpha value is -0.830. The Labute approximate surface area is 54.3 Å². The first-order valence-corrected chi connectivity index (χ1v) is 2.77. The molecular weight excluding hydrogens is 118 g/mol. The molecule has 3 heteroatoms. The van der Waals surface area contributed by atoms with E-state index in [4.69, 9.17) is 10.3 Å². The minimum atomic E-state index is -0.483. The van der Waals surface area contributed by atoms with Crippen molar-refractivity contribution in [2.24, 2.45) is 5.16 Å². The smallest absolute Gasteiger partial charge is 0.0721 e. The molecule has 0 rings (SSSR count). The van der Waals surface area contributed by atoms with Crippen molar-refractivity contribution >= 4 is 6.21 Å². The molecule has 0 unspecified atom stereocenters. The van der Waals surface area contributed by atoms with Crippen LogP contribution in [0.25, 0.3) is 0 Å². The molecule has 3 nitrogen and oxygen atoms in total. The predicted octanol–water partition coefficient (Wildman–Crippen LogP) is 0.773. The highest BCUT2D eigenvalue weighted by molar-refractivity contribution is 5.56. The second-order valence-corrected chi connectivity index (χ2v) is 1.68. The molecule has 52 valence electrons. The molecule has 9 heavy (non-hydrogen) atoms. The van der Waals surface area contributed by atoms with Gasteiger partial charge in [-0.05, 0) is 12.8 Å². The fraction of sp³-hybridized carbons (Fsp3) is 0.500. The van der Waals surface area contributed by atoms with Crippen LogP contribution >= 0.6 is 0 Å². The van der Waals surface area contributed by atoms with Gasteiger partial charge in [-0.1, -0.05) is 6.08 Å². The average Bonchev–Trinajstić information content (AvgIpc) is 1.89. The maximum absolute atomic E-state index is 8.82. The highest BCUT2D eigenvalue weighted by Gasteiger charge is 1.93. The summed E-state index contributed by atoms with van der Waals surface area (Å²) in [4.78, 5) is 0. The number of aliphatic hydroxyl groups is 1. The van der Waals surface area contributed by atoms with E-state index in [0.717, 1.165) is 0 Å². The van der Waals surface area contributed by atoms with Crippen molar-refractivity contribution in [1.29, 1.82) is 0 Å². The van der Waals surface area contributed by atoms with E-state index in [1.54, 1.807) is 0 Å². The van der Waals surface area contributed by atoms with E-state index >= 15 is 0 Å². The Morgan fingerprint density at radius 2 is 2.33 bits per heavy atom. The lowest BCUT2D eigenvalue weighted by molar-refractivity contribution is 0.215. The van der Waals surface area contributed by atoms with Crippen molar-refractivity contribution in [3.05, 3.63) is 12.7 Å². The van der Waals surface area contributed by atoms with Crippen LogP contribution in [-0.2, 0) is 0 Å². The molecule has 0 amide bonds. The monoisotopic (exact) mass is 129 g/mol. The molecule has 1 atom stereocenters. The van der Waals surface area contributed by atoms with E-state index in [0.29, 0.717) is 12.8 Å². The van der Waals surface area contributed by atoms with Gasteiger partial charge in [-0.25, -0.2) is 0 Å². The summed E-state index contributed by atoms with van der Waals surface area (Å²) in [6.45, 7) is 3.38. The molecule has 0 saturated heterocycles. The molecule has 0 aromatic carbocycles. The van der Waals surface area contributed by atoms with Gasteiger partial charge in [-0.3, -0.25) is 0 Å². The largest absolute Gasteiger partial charge is 0.411 e. The van der Waals surface area contributed by atoms with Gasteiger partial charge in [0, 0.05) is 6.21 Å². The molecule has 0 aromatic heterocycles. The normalized spacial score (nSPS) is 13.9. The first-order valence-electron chi connectivity index (χ1n) is 2.77. The van der Waals surface area contributed by atoms with Crippen LogP contribution in [0.15, 0.2) is 17.8 Å². The zero-order chi connectivity index (χ0) is 7.11. The van der Waals surface area contributed by atoms with E-state index in [9.17, 15) is 0 Å². The second kappa shape index (κ2) is 5.31. The van der Waals surface area contributed by atoms with Gasteiger partial charge >= 0.3 is 0 Å². The molecule has 0 aliphatic heterocycles. The molecule has 0 radical (unpaired) electrons. The minimum Gasteiger partial charge on any atom is -0.411 e. The Kier molecular flexibility index (Phi) is 4.82. The number of nitrogens with zero attached hydrogens (tertiary/aromatic N) is 1. The Morgan fingerprint density at radius 3 is 2.78 bits per heavy atom. The van der Waals surface area contributed by atoms with Gasteiger partial charge in [-0.2, -0.15) is 0 Å². The summed E-state index contributed by atoms with van der Waals surface area (Å²) in [5.74, 6) is 0. The maximum Gasteiger partial charge on any atom is 0.0721 e. The van der Waals surface area contributed by atoms with Gasteiger partial charge in [0.2, 0.25) is 0 Å². The first kappa shape index (κ1) is 8.17. The van der Waals surface area contributed by atoms with E-state index in [1.807, 2.05) is 0 Å². The van der Waals surface area contributed by atoms with Crippen molar-refractivity contribution in [2.45, 2.75) is 18.9 Å². The lowest BCUT2D eigenvalue weighted by Crippen LogP contribution is -2.00. The standard InChI is InChI=1S/C6H11NO2/c1-2-6(8)4-3-5-7-9/h2,5-6,8-9H,1,3-4H2/b7-5-/t6-/m1/s1. The lowest BCUT2D eigenvalue weighted by Gasteiger charge is -1.98. The van der Waals surface area contributed by atoms with Gasteiger partial charge in [0.1, 0.15) is 0 Å². The Bertz CT molecular complexity index is 101. The number of hydrogen-bond acceptors (Lipinski definition) is 3. The van der Waals surface area contributed by atoms with Crippen molar-refractivity contribution in [3.63, 3.8) is 0 Å². The van der Waals surface area contributed by atoms with E-state index in [1.165, 1.54) is 12.3 Å². The summed E-state index contributed by atoms with van der Waals surface area (Å²) in [7, 11) is 0. The van der Waals surface area contributed by atoms with Crippen LogP contribution in [0, 0.1) is 0 Å². The van der Waals surface area contributed by atoms with Crippen LogP contribution in [0.2, 0.25) is 0 Å². The number of rotatable bonds is 4. The van der Waals surface area contributed by atoms with Crippen LogP contribution in [0.3, 0.4) is 0 Å². The summed E-state index contributed by atoms with van der Waals surface area (Å²) in [5.41, 5.74) is 0. The Balaban J connectivity index is 3.16. The quantitative estimate of drug-likeness (QED) is 0.255. The fourth-order valence-corrected chi connectivity index (χ4v) is 0.421. The third kappa shape index (κ3) is 5.03. The lowest BCUT2D eigenvalue weighted by atomic mass is 10.2. The molecule has 0 fully saturated rings. The molecule has 0 aliphatic rings. The molecule has 0 spiro atoms. The predicted molar refractivity (Wildman–Crippen MR) is 35.7 cm³/mol. The molecule has 0 saturated carbocycles. The van der Waals surface area contributed by atoms with Crippen LogP contribution < -0.4 is 0 Å². The minimum absolute atomic E-state index is 0.483. The molecule has 0 aromatic rings. The van der Waals surface area contributed by atoms with E-state index < -0.39 is 6.10 Å². The first-order chi connectivity index (χ1) is 4.31. The van der Waals surface area contributed by atoms with E-state index in [-0.39, 0.29) is 0 Å².